The molecule has 4 rings (SSSR count). The second-order valence-electron chi connectivity index (χ2n) is 6.07. The van der Waals surface area contributed by atoms with Gasteiger partial charge in [-0.3, -0.25) is 19.5 Å². The van der Waals surface area contributed by atoms with Gasteiger partial charge in [0.2, 0.25) is 0 Å². The molecule has 0 atom stereocenters. The summed E-state index contributed by atoms with van der Waals surface area (Å²) in [5, 5.41) is 3.40. The summed E-state index contributed by atoms with van der Waals surface area (Å²) in [7, 11) is 1.71. The molecule has 28 heavy (non-hydrogen) atoms. The van der Waals surface area contributed by atoms with E-state index in [1.54, 1.807) is 55.7 Å². The predicted octanol–water partition coefficient (Wildman–Crippen LogP) is 4.22. The summed E-state index contributed by atoms with van der Waals surface area (Å²) >= 11 is 1.47. The van der Waals surface area contributed by atoms with Crippen molar-refractivity contribution in [1.82, 2.24) is 9.97 Å². The third kappa shape index (κ3) is 3.60. The summed E-state index contributed by atoms with van der Waals surface area (Å²) < 4.78 is 1.03. The number of nitrogens with zero attached hydrogens (tertiary/aromatic N) is 3. The maximum absolute atomic E-state index is 12.8. The number of aromatic nitrogens is 2. The van der Waals surface area contributed by atoms with Gasteiger partial charge in [-0.25, -0.2) is 4.98 Å². The van der Waals surface area contributed by atoms with Gasteiger partial charge in [0.1, 0.15) is 5.69 Å². The smallest absolute Gasteiger partial charge is 0.274 e. The molecule has 138 valence electrons. The van der Waals surface area contributed by atoms with Crippen LogP contribution in [0.25, 0.3) is 10.2 Å². The highest BCUT2D eigenvalue weighted by atomic mass is 32.1. The van der Waals surface area contributed by atoms with Gasteiger partial charge in [-0.15, -0.1) is 0 Å². The van der Waals surface area contributed by atoms with Crippen LogP contribution in [0.2, 0.25) is 0 Å². The third-order valence-corrected chi connectivity index (χ3v) is 5.27. The lowest BCUT2D eigenvalue weighted by atomic mass is 10.2. The first kappa shape index (κ1) is 17.8. The monoisotopic (exact) mass is 388 g/mol. The molecule has 7 heteroatoms. The Hall–Kier alpha value is -3.58. The highest BCUT2D eigenvalue weighted by molar-refractivity contribution is 7.22. The van der Waals surface area contributed by atoms with Gasteiger partial charge in [0.15, 0.2) is 5.13 Å². The predicted molar refractivity (Wildman–Crippen MR) is 111 cm³/mol. The molecule has 2 aromatic heterocycles. The zero-order chi connectivity index (χ0) is 19.5. The summed E-state index contributed by atoms with van der Waals surface area (Å²) in [4.78, 5) is 35.0. The maximum Gasteiger partial charge on any atom is 0.274 e. The van der Waals surface area contributed by atoms with Crippen LogP contribution in [0, 0.1) is 0 Å². The van der Waals surface area contributed by atoms with Gasteiger partial charge in [-0.2, -0.15) is 0 Å². The van der Waals surface area contributed by atoms with Gasteiger partial charge < -0.3 is 5.32 Å². The molecule has 0 unspecified atom stereocenters. The van der Waals surface area contributed by atoms with E-state index in [2.05, 4.69) is 15.3 Å². The molecule has 0 radical (unpaired) electrons. The third-order valence-electron chi connectivity index (χ3n) is 4.16. The van der Waals surface area contributed by atoms with E-state index in [1.807, 2.05) is 24.3 Å². The van der Waals surface area contributed by atoms with Crippen LogP contribution >= 0.6 is 11.3 Å². The number of anilines is 2. The normalized spacial score (nSPS) is 10.6. The molecular formula is C21H16N4O2S. The van der Waals surface area contributed by atoms with Crippen LogP contribution in [0.15, 0.2) is 72.9 Å². The molecule has 6 nitrogen and oxygen atoms in total. The highest BCUT2D eigenvalue weighted by Gasteiger charge is 2.17. The largest absolute Gasteiger partial charge is 0.321 e. The van der Waals surface area contributed by atoms with E-state index in [9.17, 15) is 9.59 Å². The van der Waals surface area contributed by atoms with Crippen molar-refractivity contribution in [2.24, 2.45) is 0 Å². The quantitative estimate of drug-likeness (QED) is 0.568. The van der Waals surface area contributed by atoms with E-state index in [4.69, 9.17) is 0 Å². The van der Waals surface area contributed by atoms with Gasteiger partial charge >= 0.3 is 0 Å². The first-order valence-corrected chi connectivity index (χ1v) is 9.39. The number of hydrogen-bond donors (Lipinski definition) is 1. The number of amides is 2. The maximum atomic E-state index is 12.8. The van der Waals surface area contributed by atoms with Gasteiger partial charge in [-0.1, -0.05) is 29.5 Å². The number of benzene rings is 2. The summed E-state index contributed by atoms with van der Waals surface area (Å²) in [5.74, 6) is -0.465. The number of nitrogens with one attached hydrogen (secondary N) is 1. The van der Waals surface area contributed by atoms with Crippen LogP contribution in [-0.2, 0) is 0 Å². The zero-order valence-electron chi connectivity index (χ0n) is 15.0. The van der Waals surface area contributed by atoms with Crippen LogP contribution in [-0.4, -0.2) is 28.8 Å². The Bertz CT molecular complexity index is 1110. The minimum atomic E-state index is -0.300. The van der Waals surface area contributed by atoms with Gasteiger partial charge in [-0.05, 0) is 48.5 Å². The molecule has 4 aromatic rings. The summed E-state index contributed by atoms with van der Waals surface area (Å²) in [5.41, 5.74) is 2.31. The number of thiazole rings is 1. The van der Waals surface area contributed by atoms with Crippen molar-refractivity contribution >= 4 is 44.2 Å². The van der Waals surface area contributed by atoms with Crippen molar-refractivity contribution < 1.29 is 9.59 Å². The number of hydrogen-bond acceptors (Lipinski definition) is 5. The fourth-order valence-corrected chi connectivity index (χ4v) is 3.60. The van der Waals surface area contributed by atoms with Crippen molar-refractivity contribution in [2.75, 3.05) is 17.3 Å². The van der Waals surface area contributed by atoms with Crippen LogP contribution in [0.1, 0.15) is 20.8 Å². The molecule has 0 saturated carbocycles. The molecule has 0 bridgehead atoms. The van der Waals surface area contributed by atoms with Gasteiger partial charge in [0.25, 0.3) is 11.8 Å². The van der Waals surface area contributed by atoms with Crippen molar-refractivity contribution in [3.05, 3.63) is 84.2 Å². The fraction of sp³-hybridized carbons (Fsp3) is 0.0476. The van der Waals surface area contributed by atoms with E-state index in [0.717, 1.165) is 10.2 Å². The Morgan fingerprint density at radius 1 is 0.964 bits per heavy atom. The topological polar surface area (TPSA) is 75.2 Å². The standard InChI is InChI=1S/C21H16N4O2S/c1-25(21-24-16-6-2-3-8-18(16)28-21)20(27)14-9-11-15(12-10-14)23-19(26)17-7-4-5-13-22-17/h2-13H,1H3,(H,23,26). The first-order valence-electron chi connectivity index (χ1n) is 8.58. The van der Waals surface area contributed by atoms with Crippen molar-refractivity contribution in [3.8, 4) is 0 Å². The van der Waals surface area contributed by atoms with Crippen LogP contribution < -0.4 is 10.2 Å². The second kappa shape index (κ2) is 7.58. The molecule has 2 aromatic carbocycles. The molecule has 2 amide bonds. The number of fused-ring (bicyclic) bond motifs is 1. The van der Waals surface area contributed by atoms with E-state index < -0.39 is 0 Å². The molecule has 0 spiro atoms. The lowest BCUT2D eigenvalue weighted by Crippen LogP contribution is -2.26. The lowest BCUT2D eigenvalue weighted by molar-refractivity contribution is 0.0991. The Balaban J connectivity index is 1.48. The van der Waals surface area contributed by atoms with Crippen LogP contribution in [0.3, 0.4) is 0 Å². The number of carbonyl (C=O) groups excluding carboxylic acids is 2. The van der Waals surface area contributed by atoms with E-state index in [1.165, 1.54) is 16.2 Å². The average molecular weight is 388 g/mol. The van der Waals surface area contributed by atoms with Crippen LogP contribution in [0.5, 0.6) is 0 Å². The fourth-order valence-electron chi connectivity index (χ4n) is 2.67. The van der Waals surface area contributed by atoms with Gasteiger partial charge in [0, 0.05) is 24.5 Å². The Morgan fingerprint density at radius 3 is 2.43 bits per heavy atom. The molecular weight excluding hydrogens is 372 g/mol. The molecule has 1 N–H and O–H groups in total. The molecule has 0 aliphatic rings. The van der Waals surface area contributed by atoms with Crippen molar-refractivity contribution in [3.63, 3.8) is 0 Å². The van der Waals surface area contributed by atoms with E-state index >= 15 is 0 Å². The highest BCUT2D eigenvalue weighted by Crippen LogP contribution is 2.28. The number of rotatable bonds is 4. The SMILES string of the molecule is CN(C(=O)c1ccc(NC(=O)c2ccccn2)cc1)c1nc2ccccc2s1. The molecule has 0 aliphatic carbocycles. The molecule has 2 heterocycles. The van der Waals surface area contributed by atoms with Crippen molar-refractivity contribution in [2.45, 2.75) is 0 Å². The number of pyridine rings is 1. The lowest BCUT2D eigenvalue weighted by Gasteiger charge is -2.14. The van der Waals surface area contributed by atoms with Gasteiger partial charge in [0.05, 0.1) is 10.2 Å². The number of carbonyl (C=O) groups is 2. The molecule has 0 aliphatic heterocycles. The Labute approximate surface area is 165 Å². The summed E-state index contributed by atoms with van der Waals surface area (Å²) in [6.07, 6.45) is 1.56. The number of para-hydroxylation sites is 1. The Morgan fingerprint density at radius 2 is 1.71 bits per heavy atom. The Kier molecular flexibility index (Phi) is 4.82. The van der Waals surface area contributed by atoms with Crippen molar-refractivity contribution in [1.29, 1.82) is 0 Å². The van der Waals surface area contributed by atoms with E-state index in [-0.39, 0.29) is 11.8 Å². The summed E-state index contributed by atoms with van der Waals surface area (Å²) in [6.45, 7) is 0. The van der Waals surface area contributed by atoms with Crippen LogP contribution in [0.4, 0.5) is 10.8 Å². The first-order chi connectivity index (χ1) is 13.6. The summed E-state index contributed by atoms with van der Waals surface area (Å²) in [6, 6.07) is 19.7. The minimum absolute atomic E-state index is 0.165. The zero-order valence-corrected chi connectivity index (χ0v) is 15.8. The van der Waals surface area contributed by atoms with E-state index in [0.29, 0.717) is 22.1 Å². The minimum Gasteiger partial charge on any atom is -0.321 e. The molecule has 0 saturated heterocycles. The second-order valence-corrected chi connectivity index (χ2v) is 7.08. The average Bonchev–Trinajstić information content (AvgIpc) is 3.18. The molecule has 0 fully saturated rings.